The molecule has 0 aliphatic carbocycles. The summed E-state index contributed by atoms with van der Waals surface area (Å²) in [6, 6.07) is 5.28. The van der Waals surface area contributed by atoms with Crippen molar-refractivity contribution in [2.75, 3.05) is 19.6 Å². The Hall–Kier alpha value is -0.810. The fourth-order valence-corrected chi connectivity index (χ4v) is 2.74. The van der Waals surface area contributed by atoms with E-state index in [0.29, 0.717) is 36.0 Å². The van der Waals surface area contributed by atoms with Crippen molar-refractivity contribution >= 4 is 29.1 Å². The van der Waals surface area contributed by atoms with Crippen LogP contribution in [0.2, 0.25) is 10.0 Å². The number of amides is 1. The Morgan fingerprint density at radius 1 is 1.40 bits per heavy atom. The van der Waals surface area contributed by atoms with Gasteiger partial charge in [0.1, 0.15) is 0 Å². The van der Waals surface area contributed by atoms with Crippen LogP contribution in [0.25, 0.3) is 0 Å². The van der Waals surface area contributed by atoms with Gasteiger partial charge in [0, 0.05) is 42.0 Å². The van der Waals surface area contributed by atoms with Crippen molar-refractivity contribution in [1.82, 2.24) is 10.6 Å². The summed E-state index contributed by atoms with van der Waals surface area (Å²) in [5, 5.41) is 16.7. The summed E-state index contributed by atoms with van der Waals surface area (Å²) in [4.78, 5) is 11.8. The van der Waals surface area contributed by atoms with Crippen LogP contribution in [0.5, 0.6) is 0 Å². The van der Waals surface area contributed by atoms with Gasteiger partial charge in [0.25, 0.3) is 0 Å². The minimum atomic E-state index is -0.374. The van der Waals surface area contributed by atoms with Gasteiger partial charge in [-0.1, -0.05) is 29.3 Å². The number of hydrogen-bond donors (Lipinski definition) is 3. The Morgan fingerprint density at radius 2 is 2.20 bits per heavy atom. The molecule has 1 aliphatic heterocycles. The lowest BCUT2D eigenvalue weighted by molar-refractivity contribution is -0.121. The molecule has 2 unspecified atom stereocenters. The van der Waals surface area contributed by atoms with E-state index in [4.69, 9.17) is 23.2 Å². The van der Waals surface area contributed by atoms with E-state index in [1.807, 2.05) is 6.07 Å². The smallest absolute Gasteiger partial charge is 0.220 e. The molecule has 6 heteroatoms. The third-order valence-corrected chi connectivity index (χ3v) is 4.09. The number of carbonyl (C=O) groups excluding carboxylic acids is 1. The van der Waals surface area contributed by atoms with Crippen molar-refractivity contribution < 1.29 is 9.90 Å². The van der Waals surface area contributed by atoms with Crippen molar-refractivity contribution in [2.24, 2.45) is 5.92 Å². The van der Waals surface area contributed by atoms with Crippen LogP contribution < -0.4 is 10.6 Å². The molecule has 0 spiro atoms. The first-order valence-electron chi connectivity index (χ1n) is 6.65. The molecule has 0 aromatic heterocycles. The molecule has 1 fully saturated rings. The molecular weight excluding hydrogens is 299 g/mol. The number of aliphatic hydroxyl groups excluding tert-OH is 1. The first kappa shape index (κ1) is 15.6. The second kappa shape index (κ2) is 7.27. The van der Waals surface area contributed by atoms with Crippen LogP contribution in [-0.4, -0.2) is 36.8 Å². The summed E-state index contributed by atoms with van der Waals surface area (Å²) in [6.45, 7) is 1.84. The number of β-amino-alcohol motifs (C(OH)–C–C–N with tert-alkyl or cyclic N) is 1. The zero-order chi connectivity index (χ0) is 14.5. The molecule has 0 bridgehead atoms. The number of rotatable bonds is 5. The highest BCUT2D eigenvalue weighted by atomic mass is 35.5. The van der Waals surface area contributed by atoms with Gasteiger partial charge in [-0.3, -0.25) is 4.79 Å². The van der Waals surface area contributed by atoms with E-state index in [1.54, 1.807) is 12.1 Å². The van der Waals surface area contributed by atoms with Crippen LogP contribution in [0.3, 0.4) is 0 Å². The van der Waals surface area contributed by atoms with Crippen LogP contribution >= 0.6 is 23.2 Å². The average Bonchev–Trinajstić information content (AvgIpc) is 2.81. The molecule has 2 rings (SSSR count). The molecule has 1 aliphatic rings. The topological polar surface area (TPSA) is 61.4 Å². The van der Waals surface area contributed by atoms with Crippen LogP contribution in [0.15, 0.2) is 18.2 Å². The largest absolute Gasteiger partial charge is 0.391 e. The summed E-state index contributed by atoms with van der Waals surface area (Å²) >= 11 is 11.9. The third-order valence-electron chi connectivity index (χ3n) is 3.50. The van der Waals surface area contributed by atoms with Crippen molar-refractivity contribution in [3.8, 4) is 0 Å². The van der Waals surface area contributed by atoms with Crippen molar-refractivity contribution in [3.05, 3.63) is 33.8 Å². The van der Waals surface area contributed by atoms with Gasteiger partial charge >= 0.3 is 0 Å². The maximum atomic E-state index is 11.8. The third kappa shape index (κ3) is 4.35. The van der Waals surface area contributed by atoms with Gasteiger partial charge in [0.15, 0.2) is 0 Å². The number of aliphatic hydroxyl groups is 1. The number of aryl methyl sites for hydroxylation is 1. The van der Waals surface area contributed by atoms with Gasteiger partial charge in [0.2, 0.25) is 5.91 Å². The van der Waals surface area contributed by atoms with E-state index >= 15 is 0 Å². The van der Waals surface area contributed by atoms with Crippen molar-refractivity contribution in [1.29, 1.82) is 0 Å². The van der Waals surface area contributed by atoms with E-state index in [-0.39, 0.29) is 17.9 Å². The summed E-state index contributed by atoms with van der Waals surface area (Å²) in [7, 11) is 0. The Kier molecular flexibility index (Phi) is 5.66. The molecule has 3 N–H and O–H groups in total. The quantitative estimate of drug-likeness (QED) is 0.773. The number of benzene rings is 1. The molecule has 2 atom stereocenters. The molecule has 1 heterocycles. The highest BCUT2D eigenvalue weighted by molar-refractivity contribution is 6.35. The zero-order valence-corrected chi connectivity index (χ0v) is 12.5. The van der Waals surface area contributed by atoms with E-state index in [0.717, 1.165) is 12.1 Å². The van der Waals surface area contributed by atoms with Gasteiger partial charge < -0.3 is 15.7 Å². The van der Waals surface area contributed by atoms with Gasteiger partial charge in [-0.2, -0.15) is 0 Å². The average molecular weight is 317 g/mol. The SMILES string of the molecule is O=C(CCc1ccc(Cl)cc1Cl)NCC1CNCC1O. The van der Waals surface area contributed by atoms with Crippen LogP contribution in [-0.2, 0) is 11.2 Å². The highest BCUT2D eigenvalue weighted by Gasteiger charge is 2.24. The molecule has 20 heavy (non-hydrogen) atoms. The Balaban J connectivity index is 1.74. The number of nitrogens with one attached hydrogen (secondary N) is 2. The summed E-state index contributed by atoms with van der Waals surface area (Å²) in [5.74, 6) is 0.0631. The summed E-state index contributed by atoms with van der Waals surface area (Å²) in [5.41, 5.74) is 0.911. The Morgan fingerprint density at radius 3 is 2.85 bits per heavy atom. The molecule has 1 amide bonds. The lowest BCUT2D eigenvalue weighted by atomic mass is 10.1. The summed E-state index contributed by atoms with van der Waals surface area (Å²) < 4.78 is 0. The first-order valence-corrected chi connectivity index (χ1v) is 7.41. The van der Waals surface area contributed by atoms with E-state index in [2.05, 4.69) is 10.6 Å². The number of carbonyl (C=O) groups is 1. The zero-order valence-electron chi connectivity index (χ0n) is 11.0. The predicted octanol–water partition coefficient (Wildman–Crippen LogP) is 1.62. The highest BCUT2D eigenvalue weighted by Crippen LogP contribution is 2.22. The minimum absolute atomic E-state index is 0.0323. The second-order valence-corrected chi connectivity index (χ2v) is 5.87. The lowest BCUT2D eigenvalue weighted by Crippen LogP contribution is -2.34. The van der Waals surface area contributed by atoms with Gasteiger partial charge in [-0.05, 0) is 24.1 Å². The Labute approximate surface area is 128 Å². The molecule has 110 valence electrons. The molecule has 0 radical (unpaired) electrons. The van der Waals surface area contributed by atoms with Crippen molar-refractivity contribution in [3.63, 3.8) is 0 Å². The van der Waals surface area contributed by atoms with E-state index in [1.165, 1.54) is 0 Å². The fraction of sp³-hybridized carbons (Fsp3) is 0.500. The predicted molar refractivity (Wildman–Crippen MR) is 80.2 cm³/mol. The molecule has 1 aromatic rings. The minimum Gasteiger partial charge on any atom is -0.391 e. The van der Waals surface area contributed by atoms with E-state index < -0.39 is 0 Å². The van der Waals surface area contributed by atoms with Gasteiger partial charge in [-0.15, -0.1) is 0 Å². The van der Waals surface area contributed by atoms with Crippen molar-refractivity contribution in [2.45, 2.75) is 18.9 Å². The maximum absolute atomic E-state index is 11.8. The molecule has 1 saturated heterocycles. The maximum Gasteiger partial charge on any atom is 0.220 e. The fourth-order valence-electron chi connectivity index (χ4n) is 2.23. The number of hydrogen-bond acceptors (Lipinski definition) is 3. The molecule has 4 nitrogen and oxygen atoms in total. The monoisotopic (exact) mass is 316 g/mol. The van der Waals surface area contributed by atoms with Crippen LogP contribution in [0.4, 0.5) is 0 Å². The lowest BCUT2D eigenvalue weighted by Gasteiger charge is -2.14. The Bertz CT molecular complexity index is 482. The molecular formula is C14H18Cl2N2O2. The van der Waals surface area contributed by atoms with Gasteiger partial charge in [-0.25, -0.2) is 0 Å². The summed E-state index contributed by atoms with van der Waals surface area (Å²) in [6.07, 6.45) is 0.575. The van der Waals surface area contributed by atoms with Crippen LogP contribution in [0, 0.1) is 5.92 Å². The number of halogens is 2. The van der Waals surface area contributed by atoms with Gasteiger partial charge in [0.05, 0.1) is 6.10 Å². The normalized spacial score (nSPS) is 21.9. The first-order chi connectivity index (χ1) is 9.56. The second-order valence-electron chi connectivity index (χ2n) is 5.03. The molecule has 0 saturated carbocycles. The van der Waals surface area contributed by atoms with E-state index in [9.17, 15) is 9.90 Å². The molecule has 1 aromatic carbocycles. The standard InChI is InChI=1S/C14H18Cl2N2O2/c15-11-3-1-9(12(16)5-11)2-4-14(20)18-7-10-6-17-8-13(10)19/h1,3,5,10,13,17,19H,2,4,6-8H2,(H,18,20). The van der Waals surface area contributed by atoms with Crippen LogP contribution in [0.1, 0.15) is 12.0 Å².